The van der Waals surface area contributed by atoms with Gasteiger partial charge in [0.05, 0.1) is 12.1 Å². The van der Waals surface area contributed by atoms with Crippen LogP contribution in [-0.2, 0) is 9.53 Å². The van der Waals surface area contributed by atoms with Crippen molar-refractivity contribution < 1.29 is 9.53 Å². The molecule has 2 aliphatic heterocycles. The summed E-state index contributed by atoms with van der Waals surface area (Å²) < 4.78 is 5.51. The number of piperidine rings is 1. The number of hydrogen-bond donors (Lipinski definition) is 1. The fourth-order valence-corrected chi connectivity index (χ4v) is 2.98. The summed E-state index contributed by atoms with van der Waals surface area (Å²) in [7, 11) is 0. The number of nitrogens with zero attached hydrogens (tertiary/aromatic N) is 1. The highest BCUT2D eigenvalue weighted by Gasteiger charge is 2.44. The summed E-state index contributed by atoms with van der Waals surface area (Å²) in [4.78, 5) is 14.2. The Morgan fingerprint density at radius 3 is 2.61 bits per heavy atom. The number of rotatable bonds is 1. The monoisotopic (exact) mass is 246 g/mol. The molecule has 1 amide bonds. The average molecular weight is 246 g/mol. The van der Waals surface area contributed by atoms with Crippen molar-refractivity contribution in [2.45, 2.75) is 18.4 Å². The van der Waals surface area contributed by atoms with Crippen LogP contribution in [0.5, 0.6) is 0 Å². The summed E-state index contributed by atoms with van der Waals surface area (Å²) in [6.07, 6.45) is 1.90. The number of hydrogen-bond acceptors (Lipinski definition) is 3. The number of morpholine rings is 1. The van der Waals surface area contributed by atoms with Gasteiger partial charge in [-0.25, -0.2) is 0 Å². The highest BCUT2D eigenvalue weighted by molar-refractivity contribution is 5.96. The van der Waals surface area contributed by atoms with E-state index in [1.54, 1.807) is 0 Å². The lowest BCUT2D eigenvalue weighted by molar-refractivity contribution is -0.131. The maximum Gasteiger partial charge on any atom is 0.253 e. The molecule has 2 fully saturated rings. The van der Waals surface area contributed by atoms with Crippen LogP contribution in [0.2, 0.25) is 0 Å². The Kier molecular flexibility index (Phi) is 3.06. The van der Waals surface area contributed by atoms with Gasteiger partial charge in [0.15, 0.2) is 0 Å². The summed E-state index contributed by atoms with van der Waals surface area (Å²) >= 11 is 0. The molecule has 0 saturated carbocycles. The van der Waals surface area contributed by atoms with E-state index in [1.165, 1.54) is 0 Å². The Bertz CT molecular complexity index is 421. The minimum atomic E-state index is -0.151. The van der Waals surface area contributed by atoms with E-state index < -0.39 is 0 Å². The molecular formula is C14H18N2O2. The standard InChI is InChI=1S/C14H18N2O2/c17-13-10-18-11-14(6-8-15-9-7-14)16(13)12-4-2-1-3-5-12/h1-5,15H,6-11H2. The Balaban J connectivity index is 1.98. The van der Waals surface area contributed by atoms with Crippen LogP contribution in [0.3, 0.4) is 0 Å². The van der Waals surface area contributed by atoms with E-state index in [0.29, 0.717) is 6.61 Å². The zero-order valence-corrected chi connectivity index (χ0v) is 10.4. The Morgan fingerprint density at radius 1 is 1.17 bits per heavy atom. The van der Waals surface area contributed by atoms with Crippen LogP contribution in [0.25, 0.3) is 0 Å². The molecule has 0 radical (unpaired) electrons. The lowest BCUT2D eigenvalue weighted by Crippen LogP contribution is -2.63. The van der Waals surface area contributed by atoms with Gasteiger partial charge in [-0.2, -0.15) is 0 Å². The molecule has 2 saturated heterocycles. The molecule has 1 aromatic rings. The van der Waals surface area contributed by atoms with Gasteiger partial charge in [0, 0.05) is 5.69 Å². The third-order valence-corrected chi connectivity index (χ3v) is 3.87. The topological polar surface area (TPSA) is 41.6 Å². The van der Waals surface area contributed by atoms with Crippen molar-refractivity contribution >= 4 is 11.6 Å². The zero-order chi connectivity index (χ0) is 12.4. The molecule has 2 aliphatic rings. The maximum absolute atomic E-state index is 12.2. The lowest BCUT2D eigenvalue weighted by atomic mass is 9.85. The molecule has 4 heteroatoms. The van der Waals surface area contributed by atoms with Gasteiger partial charge in [-0.1, -0.05) is 18.2 Å². The van der Waals surface area contributed by atoms with Gasteiger partial charge >= 0.3 is 0 Å². The summed E-state index contributed by atoms with van der Waals surface area (Å²) in [6, 6.07) is 9.95. The van der Waals surface area contributed by atoms with Crippen LogP contribution in [0.15, 0.2) is 30.3 Å². The molecule has 4 nitrogen and oxygen atoms in total. The van der Waals surface area contributed by atoms with Crippen LogP contribution >= 0.6 is 0 Å². The third-order valence-electron chi connectivity index (χ3n) is 3.87. The van der Waals surface area contributed by atoms with E-state index in [0.717, 1.165) is 31.6 Å². The molecule has 0 bridgehead atoms. The number of anilines is 1. The molecule has 1 spiro atoms. The highest BCUT2D eigenvalue weighted by Crippen LogP contribution is 2.34. The average Bonchev–Trinajstić information content (AvgIpc) is 2.41. The first-order chi connectivity index (χ1) is 8.82. The molecule has 96 valence electrons. The summed E-state index contributed by atoms with van der Waals surface area (Å²) in [5, 5.41) is 3.35. The minimum absolute atomic E-state index is 0.0781. The van der Waals surface area contributed by atoms with Crippen LogP contribution in [0.1, 0.15) is 12.8 Å². The van der Waals surface area contributed by atoms with E-state index in [9.17, 15) is 4.79 Å². The lowest BCUT2D eigenvalue weighted by Gasteiger charge is -2.49. The van der Waals surface area contributed by atoms with Crippen molar-refractivity contribution in [3.63, 3.8) is 0 Å². The zero-order valence-electron chi connectivity index (χ0n) is 10.4. The first-order valence-corrected chi connectivity index (χ1v) is 6.48. The predicted molar refractivity (Wildman–Crippen MR) is 69.6 cm³/mol. The van der Waals surface area contributed by atoms with Crippen molar-refractivity contribution in [2.75, 3.05) is 31.2 Å². The van der Waals surface area contributed by atoms with Crippen molar-refractivity contribution in [2.24, 2.45) is 0 Å². The van der Waals surface area contributed by atoms with Crippen LogP contribution < -0.4 is 10.2 Å². The number of carbonyl (C=O) groups excluding carboxylic acids is 1. The highest BCUT2D eigenvalue weighted by atomic mass is 16.5. The first kappa shape index (κ1) is 11.7. The Hall–Kier alpha value is -1.39. The summed E-state index contributed by atoms with van der Waals surface area (Å²) in [6.45, 7) is 2.74. The molecule has 1 aromatic carbocycles. The van der Waals surface area contributed by atoms with E-state index in [2.05, 4.69) is 5.32 Å². The molecule has 1 N–H and O–H groups in total. The number of nitrogens with one attached hydrogen (secondary N) is 1. The largest absolute Gasteiger partial charge is 0.369 e. The van der Waals surface area contributed by atoms with Crippen LogP contribution in [0, 0.1) is 0 Å². The number of carbonyl (C=O) groups is 1. The quantitative estimate of drug-likeness (QED) is 0.809. The number of benzene rings is 1. The Labute approximate surface area is 107 Å². The van der Waals surface area contributed by atoms with Crippen molar-refractivity contribution in [3.05, 3.63) is 30.3 Å². The molecule has 0 unspecified atom stereocenters. The number of para-hydroxylation sites is 1. The van der Waals surface area contributed by atoms with Gasteiger partial charge in [-0.15, -0.1) is 0 Å². The summed E-state index contributed by atoms with van der Waals surface area (Å²) in [5.41, 5.74) is 0.842. The van der Waals surface area contributed by atoms with E-state index >= 15 is 0 Å². The van der Waals surface area contributed by atoms with Crippen molar-refractivity contribution in [1.29, 1.82) is 0 Å². The second-order valence-electron chi connectivity index (χ2n) is 5.03. The minimum Gasteiger partial charge on any atom is -0.369 e. The normalized spacial score (nSPS) is 23.3. The number of amides is 1. The van der Waals surface area contributed by atoms with Crippen molar-refractivity contribution in [1.82, 2.24) is 5.32 Å². The Morgan fingerprint density at radius 2 is 1.89 bits per heavy atom. The molecule has 18 heavy (non-hydrogen) atoms. The second-order valence-corrected chi connectivity index (χ2v) is 5.03. The maximum atomic E-state index is 12.2. The smallest absolute Gasteiger partial charge is 0.253 e. The molecule has 0 aliphatic carbocycles. The number of ether oxygens (including phenoxy) is 1. The molecule has 0 atom stereocenters. The van der Waals surface area contributed by atoms with E-state index in [4.69, 9.17) is 4.74 Å². The van der Waals surface area contributed by atoms with E-state index in [1.807, 2.05) is 35.2 Å². The van der Waals surface area contributed by atoms with Crippen molar-refractivity contribution in [3.8, 4) is 0 Å². The fraction of sp³-hybridized carbons (Fsp3) is 0.500. The van der Waals surface area contributed by atoms with Gasteiger partial charge in [0.1, 0.15) is 6.61 Å². The predicted octanol–water partition coefficient (Wildman–Crippen LogP) is 1.17. The second kappa shape index (κ2) is 4.71. The molecule has 2 heterocycles. The first-order valence-electron chi connectivity index (χ1n) is 6.48. The molecular weight excluding hydrogens is 228 g/mol. The SMILES string of the molecule is O=C1COCC2(CCNCC2)N1c1ccccc1. The third kappa shape index (κ3) is 1.91. The molecule has 3 rings (SSSR count). The van der Waals surface area contributed by atoms with Gasteiger partial charge in [-0.05, 0) is 38.1 Å². The van der Waals surface area contributed by atoms with Crippen LogP contribution in [0.4, 0.5) is 5.69 Å². The fourth-order valence-electron chi connectivity index (χ4n) is 2.98. The van der Waals surface area contributed by atoms with Gasteiger partial charge in [0.25, 0.3) is 5.91 Å². The van der Waals surface area contributed by atoms with E-state index in [-0.39, 0.29) is 18.1 Å². The summed E-state index contributed by atoms with van der Waals surface area (Å²) in [5.74, 6) is 0.0781. The van der Waals surface area contributed by atoms with Gasteiger partial charge in [0.2, 0.25) is 0 Å². The van der Waals surface area contributed by atoms with Gasteiger partial charge in [-0.3, -0.25) is 4.79 Å². The van der Waals surface area contributed by atoms with Crippen LogP contribution in [-0.4, -0.2) is 37.7 Å². The van der Waals surface area contributed by atoms with Gasteiger partial charge < -0.3 is 15.0 Å². The molecule has 0 aromatic heterocycles.